The lowest BCUT2D eigenvalue weighted by molar-refractivity contribution is -0.140. The van der Waals surface area contributed by atoms with Crippen molar-refractivity contribution in [1.29, 1.82) is 0 Å². The van der Waals surface area contributed by atoms with Crippen LogP contribution in [0.3, 0.4) is 0 Å². The van der Waals surface area contributed by atoms with Crippen molar-refractivity contribution in [3.63, 3.8) is 0 Å². The first-order valence-electron chi connectivity index (χ1n) is 16.7. The predicted molar refractivity (Wildman–Crippen MR) is 198 cm³/mol. The summed E-state index contributed by atoms with van der Waals surface area (Å²) in [5.74, 6) is -0.800. The van der Waals surface area contributed by atoms with Crippen LogP contribution in [0.15, 0.2) is 95.9 Å². The van der Waals surface area contributed by atoms with E-state index in [0.717, 1.165) is 48.8 Å². The molecule has 0 radical (unpaired) electrons. The number of halogens is 2. The van der Waals surface area contributed by atoms with Gasteiger partial charge in [0.05, 0.1) is 20.6 Å². The Bertz CT molecular complexity index is 1880. The zero-order valence-corrected chi connectivity index (χ0v) is 30.5. The molecule has 0 unspecified atom stereocenters. The molecule has 0 aromatic heterocycles. The van der Waals surface area contributed by atoms with Crippen LogP contribution in [0.2, 0.25) is 10.0 Å². The van der Waals surface area contributed by atoms with E-state index in [2.05, 4.69) is 5.32 Å². The highest BCUT2D eigenvalue weighted by Gasteiger charge is 2.36. The molecule has 1 aliphatic rings. The highest BCUT2D eigenvalue weighted by molar-refractivity contribution is 7.92. The van der Waals surface area contributed by atoms with Gasteiger partial charge in [-0.25, -0.2) is 8.42 Å². The zero-order chi connectivity index (χ0) is 35.1. The fraction of sp³-hybridized carbons (Fsp3) is 0.333. The molecule has 0 heterocycles. The van der Waals surface area contributed by atoms with E-state index in [9.17, 15) is 18.0 Å². The molecule has 0 aliphatic heterocycles. The number of carbonyl (C=O) groups is 2. The molecular weight excluding hydrogens is 677 g/mol. The van der Waals surface area contributed by atoms with E-state index >= 15 is 0 Å². The number of sulfonamides is 1. The van der Waals surface area contributed by atoms with E-state index in [1.165, 1.54) is 9.21 Å². The maximum absolute atomic E-state index is 14.8. The number of amides is 2. The number of rotatable bonds is 12. The van der Waals surface area contributed by atoms with Crippen molar-refractivity contribution in [3.05, 3.63) is 129 Å². The lowest BCUT2D eigenvalue weighted by Gasteiger charge is -2.35. The summed E-state index contributed by atoms with van der Waals surface area (Å²) in [4.78, 5) is 30.7. The summed E-state index contributed by atoms with van der Waals surface area (Å²) in [5.41, 5.74) is 4.38. The minimum atomic E-state index is -4.20. The third-order valence-electron chi connectivity index (χ3n) is 9.08. The SMILES string of the molecule is Cc1ccc(S(=O)(=O)N(CC(=O)N(Cc2ccc(Cl)c(Cl)c2)[C@@H](Cc2ccccc2)C(=O)NC2CCCCC2)c2cc(C)ccc2C)cc1. The quantitative estimate of drug-likeness (QED) is 0.160. The molecule has 7 nitrogen and oxygen atoms in total. The fourth-order valence-corrected chi connectivity index (χ4v) is 8.06. The lowest BCUT2D eigenvalue weighted by Crippen LogP contribution is -2.55. The Morgan fingerprint density at radius 3 is 2.14 bits per heavy atom. The highest BCUT2D eigenvalue weighted by atomic mass is 35.5. The predicted octanol–water partition coefficient (Wildman–Crippen LogP) is 8.20. The van der Waals surface area contributed by atoms with Crippen molar-refractivity contribution in [2.45, 2.75) is 82.8 Å². The van der Waals surface area contributed by atoms with E-state index in [-0.39, 0.29) is 29.8 Å². The largest absolute Gasteiger partial charge is 0.352 e. The second-order valence-electron chi connectivity index (χ2n) is 12.9. The molecule has 258 valence electrons. The number of hydrogen-bond acceptors (Lipinski definition) is 4. The summed E-state index contributed by atoms with van der Waals surface area (Å²) < 4.78 is 30.0. The van der Waals surface area contributed by atoms with Gasteiger partial charge in [0.2, 0.25) is 11.8 Å². The van der Waals surface area contributed by atoms with Crippen molar-refractivity contribution in [2.75, 3.05) is 10.8 Å². The minimum absolute atomic E-state index is 0.00908. The molecule has 1 N–H and O–H groups in total. The van der Waals surface area contributed by atoms with E-state index in [0.29, 0.717) is 26.9 Å². The summed E-state index contributed by atoms with van der Waals surface area (Å²) >= 11 is 12.7. The Kier molecular flexibility index (Phi) is 12.1. The number of carbonyl (C=O) groups excluding carboxylic acids is 2. The van der Waals surface area contributed by atoms with Crippen molar-refractivity contribution in [2.24, 2.45) is 0 Å². The van der Waals surface area contributed by atoms with Crippen LogP contribution in [0.1, 0.15) is 59.9 Å². The van der Waals surface area contributed by atoms with Gasteiger partial charge in [0.1, 0.15) is 12.6 Å². The second-order valence-corrected chi connectivity index (χ2v) is 15.6. The molecule has 1 atom stereocenters. The Balaban J connectivity index is 1.60. The van der Waals surface area contributed by atoms with Gasteiger partial charge in [-0.2, -0.15) is 0 Å². The normalized spacial score (nSPS) is 14.2. The van der Waals surface area contributed by atoms with Crippen LogP contribution in [0.4, 0.5) is 5.69 Å². The van der Waals surface area contributed by atoms with Gasteiger partial charge < -0.3 is 10.2 Å². The summed E-state index contributed by atoms with van der Waals surface area (Å²) in [6.07, 6.45) is 5.18. The first-order valence-corrected chi connectivity index (χ1v) is 18.9. The van der Waals surface area contributed by atoms with Crippen molar-refractivity contribution in [1.82, 2.24) is 10.2 Å². The second kappa shape index (κ2) is 16.2. The molecule has 4 aromatic carbocycles. The molecule has 5 rings (SSSR count). The average molecular weight is 721 g/mol. The highest BCUT2D eigenvalue weighted by Crippen LogP contribution is 2.30. The molecule has 0 bridgehead atoms. The van der Waals surface area contributed by atoms with E-state index in [1.54, 1.807) is 48.5 Å². The molecule has 0 spiro atoms. The Morgan fingerprint density at radius 1 is 0.796 bits per heavy atom. The van der Waals surface area contributed by atoms with E-state index < -0.39 is 28.5 Å². The summed E-state index contributed by atoms with van der Waals surface area (Å²) in [5, 5.41) is 3.91. The Hall–Kier alpha value is -3.85. The van der Waals surface area contributed by atoms with Crippen LogP contribution < -0.4 is 9.62 Å². The Morgan fingerprint density at radius 2 is 1.47 bits per heavy atom. The molecule has 4 aromatic rings. The molecule has 0 saturated heterocycles. The van der Waals surface area contributed by atoms with Crippen LogP contribution in [0.25, 0.3) is 0 Å². The van der Waals surface area contributed by atoms with Crippen LogP contribution in [-0.4, -0.2) is 43.8 Å². The summed E-state index contributed by atoms with van der Waals surface area (Å²) in [7, 11) is -4.20. The molecule has 2 amide bonds. The lowest BCUT2D eigenvalue weighted by atomic mass is 9.94. The standard InChI is InChI=1S/C39H43Cl2N3O4S/c1-27-15-19-33(20-16-27)49(47,48)44(36-22-28(2)14-17-29(36)3)26-38(45)43(25-31-18-21-34(40)35(41)23-31)37(24-30-10-6-4-7-11-30)39(46)42-32-12-8-5-9-13-32/h4,6-7,10-11,14-23,32,37H,5,8-9,12-13,24-26H2,1-3H3,(H,42,46)/t37-/m0/s1. The maximum atomic E-state index is 14.8. The summed E-state index contributed by atoms with van der Waals surface area (Å²) in [6.45, 7) is 5.07. The summed E-state index contributed by atoms with van der Waals surface area (Å²) in [6, 6.07) is 25.8. The van der Waals surface area contributed by atoms with E-state index in [1.807, 2.05) is 63.2 Å². The smallest absolute Gasteiger partial charge is 0.264 e. The monoisotopic (exact) mass is 719 g/mol. The number of benzene rings is 4. The van der Waals surface area contributed by atoms with Gasteiger partial charge in [0, 0.05) is 19.0 Å². The molecule has 10 heteroatoms. The van der Waals surface area contributed by atoms with Gasteiger partial charge in [0.15, 0.2) is 0 Å². The Labute approximate surface area is 300 Å². The van der Waals surface area contributed by atoms with Gasteiger partial charge in [0.25, 0.3) is 10.0 Å². The van der Waals surface area contributed by atoms with Crippen LogP contribution >= 0.6 is 23.2 Å². The third kappa shape index (κ3) is 9.24. The fourth-order valence-electron chi connectivity index (χ4n) is 6.27. The topological polar surface area (TPSA) is 86.8 Å². The number of nitrogens with one attached hydrogen (secondary N) is 1. The van der Waals surface area contributed by atoms with Crippen molar-refractivity contribution < 1.29 is 18.0 Å². The average Bonchev–Trinajstić information content (AvgIpc) is 3.09. The first-order chi connectivity index (χ1) is 23.4. The van der Waals surface area contributed by atoms with Crippen molar-refractivity contribution >= 4 is 50.7 Å². The molecule has 49 heavy (non-hydrogen) atoms. The number of aryl methyl sites for hydroxylation is 3. The first kappa shape index (κ1) is 36.4. The number of nitrogens with zero attached hydrogens (tertiary/aromatic N) is 2. The molecule has 1 saturated carbocycles. The number of anilines is 1. The molecule has 1 aliphatic carbocycles. The van der Waals surface area contributed by atoms with Gasteiger partial charge in [-0.15, -0.1) is 0 Å². The zero-order valence-electron chi connectivity index (χ0n) is 28.2. The minimum Gasteiger partial charge on any atom is -0.352 e. The van der Waals surface area contributed by atoms with Gasteiger partial charge >= 0.3 is 0 Å². The van der Waals surface area contributed by atoms with Crippen LogP contribution in [0.5, 0.6) is 0 Å². The van der Waals surface area contributed by atoms with Crippen LogP contribution in [-0.2, 0) is 32.6 Å². The number of hydrogen-bond donors (Lipinski definition) is 1. The maximum Gasteiger partial charge on any atom is 0.264 e. The van der Waals surface area contributed by atoms with E-state index in [4.69, 9.17) is 23.2 Å². The van der Waals surface area contributed by atoms with Gasteiger partial charge in [-0.05, 0) is 86.2 Å². The van der Waals surface area contributed by atoms with Gasteiger partial charge in [-0.1, -0.05) is 109 Å². The van der Waals surface area contributed by atoms with Gasteiger partial charge in [-0.3, -0.25) is 13.9 Å². The van der Waals surface area contributed by atoms with Crippen molar-refractivity contribution in [3.8, 4) is 0 Å². The molecular formula is C39H43Cl2N3O4S. The third-order valence-corrected chi connectivity index (χ3v) is 11.6. The van der Waals surface area contributed by atoms with Crippen LogP contribution in [0, 0.1) is 20.8 Å². The molecule has 1 fully saturated rings.